The number of nitrogens with zero attached hydrogens (tertiary/aromatic N) is 1. The Morgan fingerprint density at radius 1 is 1.04 bits per heavy atom. The highest BCUT2D eigenvalue weighted by Gasteiger charge is 2.18. The molecule has 0 spiro atoms. The van der Waals surface area contributed by atoms with Crippen molar-refractivity contribution < 1.29 is 14.3 Å². The number of morpholine rings is 1. The van der Waals surface area contributed by atoms with Gasteiger partial charge in [0, 0.05) is 35.1 Å². The molecule has 2 aromatic carbocycles. The first-order valence-corrected chi connectivity index (χ1v) is 8.76. The number of ether oxygens (including phenoxy) is 1. The van der Waals surface area contributed by atoms with E-state index in [2.05, 4.69) is 10.6 Å². The average Bonchev–Trinajstić information content (AvgIpc) is 2.67. The summed E-state index contributed by atoms with van der Waals surface area (Å²) in [4.78, 5) is 26.2. The lowest BCUT2D eigenvalue weighted by Gasteiger charge is -2.26. The van der Waals surface area contributed by atoms with E-state index in [9.17, 15) is 9.59 Å². The van der Waals surface area contributed by atoms with Gasteiger partial charge in [0.1, 0.15) is 0 Å². The van der Waals surface area contributed by atoms with E-state index in [0.717, 1.165) is 5.69 Å². The molecule has 1 aliphatic rings. The van der Waals surface area contributed by atoms with Gasteiger partial charge in [-0.1, -0.05) is 17.7 Å². The van der Waals surface area contributed by atoms with Crippen LogP contribution in [-0.2, 0) is 9.53 Å². The number of hydrogen-bond acceptors (Lipinski definition) is 4. The van der Waals surface area contributed by atoms with E-state index in [1.54, 1.807) is 41.3 Å². The molecule has 3 rings (SSSR count). The van der Waals surface area contributed by atoms with Crippen LogP contribution in [0.3, 0.4) is 0 Å². The van der Waals surface area contributed by atoms with E-state index in [4.69, 9.17) is 16.3 Å². The van der Waals surface area contributed by atoms with Crippen molar-refractivity contribution in [1.82, 2.24) is 4.90 Å². The summed E-state index contributed by atoms with van der Waals surface area (Å²) in [6, 6.07) is 14.1. The maximum atomic E-state index is 12.4. The fourth-order valence-electron chi connectivity index (χ4n) is 2.63. The van der Waals surface area contributed by atoms with Crippen molar-refractivity contribution in [3.05, 3.63) is 59.1 Å². The van der Waals surface area contributed by atoms with Crippen molar-refractivity contribution in [1.29, 1.82) is 0 Å². The molecule has 1 aliphatic heterocycles. The molecule has 1 fully saturated rings. The van der Waals surface area contributed by atoms with E-state index in [0.29, 0.717) is 42.6 Å². The Labute approximate surface area is 157 Å². The zero-order valence-corrected chi connectivity index (χ0v) is 15.0. The molecule has 136 valence electrons. The highest BCUT2D eigenvalue weighted by atomic mass is 35.5. The fraction of sp³-hybridized carbons (Fsp3) is 0.263. The maximum Gasteiger partial charge on any atom is 0.254 e. The highest BCUT2D eigenvalue weighted by Crippen LogP contribution is 2.15. The molecule has 2 N–H and O–H groups in total. The van der Waals surface area contributed by atoms with Crippen LogP contribution in [0.4, 0.5) is 11.4 Å². The fourth-order valence-corrected chi connectivity index (χ4v) is 2.82. The maximum absolute atomic E-state index is 12.4. The Hall–Kier alpha value is -2.57. The van der Waals surface area contributed by atoms with Gasteiger partial charge in [-0.05, 0) is 42.5 Å². The van der Waals surface area contributed by atoms with Crippen LogP contribution in [0.15, 0.2) is 48.5 Å². The first-order valence-electron chi connectivity index (χ1n) is 8.38. The van der Waals surface area contributed by atoms with Crippen LogP contribution in [0.5, 0.6) is 0 Å². The molecule has 1 heterocycles. The number of halogens is 1. The summed E-state index contributed by atoms with van der Waals surface area (Å²) in [5.41, 5.74) is 2.02. The molecule has 7 heteroatoms. The smallest absolute Gasteiger partial charge is 0.254 e. The molecule has 0 aliphatic carbocycles. The lowest BCUT2D eigenvalue weighted by atomic mass is 10.1. The summed E-state index contributed by atoms with van der Waals surface area (Å²) < 4.78 is 5.26. The lowest BCUT2D eigenvalue weighted by Crippen LogP contribution is -2.40. The summed E-state index contributed by atoms with van der Waals surface area (Å²) in [6.45, 7) is 2.47. The SMILES string of the molecule is O=C(CNc1cccc(Cl)c1)Nc1ccc(C(=O)N2CCOCC2)cc1. The van der Waals surface area contributed by atoms with Crippen molar-refractivity contribution in [3.63, 3.8) is 0 Å². The first kappa shape index (κ1) is 18.2. The van der Waals surface area contributed by atoms with Gasteiger partial charge in [-0.2, -0.15) is 0 Å². The van der Waals surface area contributed by atoms with Gasteiger partial charge in [-0.3, -0.25) is 9.59 Å². The number of nitrogens with one attached hydrogen (secondary N) is 2. The third kappa shape index (κ3) is 4.97. The molecule has 0 bridgehead atoms. The Balaban J connectivity index is 1.51. The van der Waals surface area contributed by atoms with Crippen molar-refractivity contribution >= 4 is 34.8 Å². The minimum absolute atomic E-state index is 0.0196. The number of carbonyl (C=O) groups excluding carboxylic acids is 2. The Kier molecular flexibility index (Phi) is 6.09. The van der Waals surface area contributed by atoms with Gasteiger partial charge in [-0.25, -0.2) is 0 Å². The van der Waals surface area contributed by atoms with Crippen LogP contribution in [0.25, 0.3) is 0 Å². The van der Waals surface area contributed by atoms with Crippen LogP contribution in [0, 0.1) is 0 Å². The van der Waals surface area contributed by atoms with Gasteiger partial charge in [0.15, 0.2) is 0 Å². The van der Waals surface area contributed by atoms with Gasteiger partial charge >= 0.3 is 0 Å². The third-order valence-electron chi connectivity index (χ3n) is 3.99. The molecule has 0 saturated carbocycles. The zero-order chi connectivity index (χ0) is 18.4. The molecule has 0 aromatic heterocycles. The van der Waals surface area contributed by atoms with Crippen molar-refractivity contribution in [2.45, 2.75) is 0 Å². The first-order chi connectivity index (χ1) is 12.6. The van der Waals surface area contributed by atoms with Crippen molar-refractivity contribution in [2.24, 2.45) is 0 Å². The third-order valence-corrected chi connectivity index (χ3v) is 4.23. The van der Waals surface area contributed by atoms with Gasteiger partial charge in [0.05, 0.1) is 19.8 Å². The van der Waals surface area contributed by atoms with E-state index >= 15 is 0 Å². The standard InChI is InChI=1S/C19H20ClN3O3/c20-15-2-1-3-17(12-15)21-13-18(24)22-16-6-4-14(5-7-16)19(25)23-8-10-26-11-9-23/h1-7,12,21H,8-11,13H2,(H,22,24). The Morgan fingerprint density at radius 2 is 1.77 bits per heavy atom. The second-order valence-electron chi connectivity index (χ2n) is 5.89. The topological polar surface area (TPSA) is 70.7 Å². The van der Waals surface area contributed by atoms with E-state index < -0.39 is 0 Å². The van der Waals surface area contributed by atoms with E-state index in [-0.39, 0.29) is 18.4 Å². The quantitative estimate of drug-likeness (QED) is 0.845. The number of amides is 2. The summed E-state index contributed by atoms with van der Waals surface area (Å²) in [5.74, 6) is -0.203. The number of benzene rings is 2. The van der Waals surface area contributed by atoms with Gasteiger partial charge < -0.3 is 20.3 Å². The van der Waals surface area contributed by atoms with E-state index in [1.807, 2.05) is 12.1 Å². The van der Waals surface area contributed by atoms with Crippen LogP contribution >= 0.6 is 11.6 Å². The molecule has 0 radical (unpaired) electrons. The molecule has 0 unspecified atom stereocenters. The summed E-state index contributed by atoms with van der Waals surface area (Å²) in [6.07, 6.45) is 0. The second-order valence-corrected chi connectivity index (χ2v) is 6.33. The number of carbonyl (C=O) groups is 2. The van der Waals surface area contributed by atoms with E-state index in [1.165, 1.54) is 0 Å². The molecule has 0 atom stereocenters. The molecule has 2 amide bonds. The monoisotopic (exact) mass is 373 g/mol. The largest absolute Gasteiger partial charge is 0.378 e. The molecule has 1 saturated heterocycles. The molecular formula is C19H20ClN3O3. The molecule has 6 nitrogen and oxygen atoms in total. The predicted molar refractivity (Wildman–Crippen MR) is 102 cm³/mol. The Bertz CT molecular complexity index is 774. The van der Waals surface area contributed by atoms with Crippen molar-refractivity contribution in [2.75, 3.05) is 43.5 Å². The Morgan fingerprint density at radius 3 is 2.46 bits per heavy atom. The lowest BCUT2D eigenvalue weighted by molar-refractivity contribution is -0.114. The highest BCUT2D eigenvalue weighted by molar-refractivity contribution is 6.30. The van der Waals surface area contributed by atoms with Crippen LogP contribution in [0.1, 0.15) is 10.4 Å². The molecule has 26 heavy (non-hydrogen) atoms. The van der Waals surface area contributed by atoms with Gasteiger partial charge in [0.25, 0.3) is 5.91 Å². The number of hydrogen-bond donors (Lipinski definition) is 2. The average molecular weight is 374 g/mol. The molecular weight excluding hydrogens is 354 g/mol. The minimum atomic E-state index is -0.183. The predicted octanol–water partition coefficient (Wildman–Crippen LogP) is 2.86. The molecule has 2 aromatic rings. The number of rotatable bonds is 5. The summed E-state index contributed by atoms with van der Waals surface area (Å²) >= 11 is 5.91. The summed E-state index contributed by atoms with van der Waals surface area (Å²) in [5, 5.41) is 6.41. The van der Waals surface area contributed by atoms with Crippen LogP contribution < -0.4 is 10.6 Å². The zero-order valence-electron chi connectivity index (χ0n) is 14.2. The van der Waals surface area contributed by atoms with Crippen molar-refractivity contribution in [3.8, 4) is 0 Å². The number of anilines is 2. The minimum Gasteiger partial charge on any atom is -0.378 e. The second kappa shape index (κ2) is 8.69. The van der Waals surface area contributed by atoms with Gasteiger partial charge in [-0.15, -0.1) is 0 Å². The normalized spacial score (nSPS) is 14.0. The van der Waals surface area contributed by atoms with Gasteiger partial charge in [0.2, 0.25) is 5.91 Å². The van der Waals surface area contributed by atoms with Crippen LogP contribution in [0.2, 0.25) is 5.02 Å². The summed E-state index contributed by atoms with van der Waals surface area (Å²) in [7, 11) is 0. The van der Waals surface area contributed by atoms with Crippen LogP contribution in [-0.4, -0.2) is 49.6 Å².